The van der Waals surface area contributed by atoms with Crippen LogP contribution in [0.3, 0.4) is 0 Å². The van der Waals surface area contributed by atoms with Crippen LogP contribution in [0.2, 0.25) is 0 Å². The van der Waals surface area contributed by atoms with Crippen LogP contribution in [0.25, 0.3) is 0 Å². The van der Waals surface area contributed by atoms with Gasteiger partial charge in [-0.15, -0.1) is 0 Å². The summed E-state index contributed by atoms with van der Waals surface area (Å²) >= 11 is 3.23. The van der Waals surface area contributed by atoms with Crippen molar-refractivity contribution in [2.75, 3.05) is 31.6 Å². The number of halogens is 3. The fraction of sp³-hybridized carbons (Fsp3) is 0.600. The maximum Gasteiger partial charge on any atom is 0.149 e. The van der Waals surface area contributed by atoms with Gasteiger partial charge in [-0.1, -0.05) is 22.9 Å². The zero-order valence-electron chi connectivity index (χ0n) is 12.0. The highest BCUT2D eigenvalue weighted by Gasteiger charge is 2.25. The van der Waals surface area contributed by atoms with Gasteiger partial charge in [-0.05, 0) is 37.1 Å². The highest BCUT2D eigenvalue weighted by molar-refractivity contribution is 9.08. The molecule has 1 aromatic rings. The largest absolute Gasteiger partial charge is 0.367 e. The average molecular weight is 347 g/mol. The molecule has 112 valence electrons. The first-order valence-corrected chi connectivity index (χ1v) is 8.18. The molecule has 1 aromatic carbocycles. The van der Waals surface area contributed by atoms with Crippen LogP contribution in [-0.2, 0) is 5.33 Å². The second-order valence-corrected chi connectivity index (χ2v) is 5.88. The lowest BCUT2D eigenvalue weighted by atomic mass is 10.0. The van der Waals surface area contributed by atoms with E-state index >= 15 is 0 Å². The third-order valence-electron chi connectivity index (χ3n) is 4.14. The van der Waals surface area contributed by atoms with E-state index in [-0.39, 0.29) is 11.7 Å². The van der Waals surface area contributed by atoms with Crippen LogP contribution in [0, 0.1) is 11.6 Å². The SMILES string of the molecule is CCN1CCC(N(C)c2c(F)cc(CBr)cc2F)CC1. The van der Waals surface area contributed by atoms with E-state index in [2.05, 4.69) is 27.8 Å². The predicted octanol–water partition coefficient (Wildman–Crippen LogP) is 3.78. The third kappa shape index (κ3) is 3.31. The predicted molar refractivity (Wildman–Crippen MR) is 82.5 cm³/mol. The summed E-state index contributed by atoms with van der Waals surface area (Å²) < 4.78 is 28.3. The van der Waals surface area contributed by atoms with Gasteiger partial charge in [-0.25, -0.2) is 8.78 Å². The molecule has 0 bridgehead atoms. The van der Waals surface area contributed by atoms with Crippen molar-refractivity contribution in [1.82, 2.24) is 4.90 Å². The van der Waals surface area contributed by atoms with E-state index in [0.29, 0.717) is 10.9 Å². The summed E-state index contributed by atoms with van der Waals surface area (Å²) in [5.74, 6) is -0.945. The van der Waals surface area contributed by atoms with Gasteiger partial charge in [-0.3, -0.25) is 0 Å². The van der Waals surface area contributed by atoms with Crippen LogP contribution in [0.15, 0.2) is 12.1 Å². The molecule has 0 N–H and O–H groups in total. The van der Waals surface area contributed by atoms with Crippen molar-refractivity contribution in [3.63, 3.8) is 0 Å². The third-order valence-corrected chi connectivity index (χ3v) is 4.78. The lowest BCUT2D eigenvalue weighted by Gasteiger charge is -2.37. The van der Waals surface area contributed by atoms with E-state index in [9.17, 15) is 8.78 Å². The number of rotatable bonds is 4. The fourth-order valence-electron chi connectivity index (χ4n) is 2.84. The van der Waals surface area contributed by atoms with E-state index in [1.54, 1.807) is 11.9 Å². The molecule has 0 aromatic heterocycles. The fourth-order valence-corrected chi connectivity index (χ4v) is 3.16. The summed E-state index contributed by atoms with van der Waals surface area (Å²) in [6, 6.07) is 3.02. The van der Waals surface area contributed by atoms with Gasteiger partial charge in [0.2, 0.25) is 0 Å². The summed E-state index contributed by atoms with van der Waals surface area (Å²) in [6.45, 7) is 5.17. The molecule has 0 saturated carbocycles. The van der Waals surface area contributed by atoms with Crippen molar-refractivity contribution in [3.05, 3.63) is 29.3 Å². The average Bonchev–Trinajstić information content (AvgIpc) is 2.46. The van der Waals surface area contributed by atoms with Crippen LogP contribution < -0.4 is 4.90 Å². The number of hydrogen-bond donors (Lipinski definition) is 0. The lowest BCUT2D eigenvalue weighted by molar-refractivity contribution is 0.220. The molecular weight excluding hydrogens is 326 g/mol. The molecule has 0 spiro atoms. The van der Waals surface area contributed by atoms with Crippen LogP contribution in [0.1, 0.15) is 25.3 Å². The first kappa shape index (κ1) is 15.7. The summed E-state index contributed by atoms with van der Waals surface area (Å²) in [6.07, 6.45) is 1.90. The van der Waals surface area contributed by atoms with Gasteiger partial charge in [0.1, 0.15) is 17.3 Å². The molecule has 0 unspecified atom stereocenters. The summed E-state index contributed by atoms with van der Waals surface area (Å²) in [5, 5.41) is 0.458. The zero-order valence-corrected chi connectivity index (χ0v) is 13.6. The van der Waals surface area contributed by atoms with Crippen LogP contribution in [-0.4, -0.2) is 37.6 Å². The van der Waals surface area contributed by atoms with Gasteiger partial charge in [0.15, 0.2) is 0 Å². The Hall–Kier alpha value is -0.680. The van der Waals surface area contributed by atoms with E-state index in [1.807, 2.05) is 0 Å². The van der Waals surface area contributed by atoms with E-state index in [1.165, 1.54) is 12.1 Å². The van der Waals surface area contributed by atoms with Gasteiger partial charge in [0.25, 0.3) is 0 Å². The maximum atomic E-state index is 14.1. The monoisotopic (exact) mass is 346 g/mol. The molecule has 0 atom stereocenters. The first-order chi connectivity index (χ1) is 9.56. The quantitative estimate of drug-likeness (QED) is 0.765. The topological polar surface area (TPSA) is 6.48 Å². The van der Waals surface area contributed by atoms with Crippen LogP contribution in [0.4, 0.5) is 14.5 Å². The Kier molecular flexibility index (Phi) is 5.38. The number of nitrogens with zero attached hydrogens (tertiary/aromatic N) is 2. The summed E-state index contributed by atoms with van der Waals surface area (Å²) in [5.41, 5.74) is 0.725. The van der Waals surface area contributed by atoms with Crippen molar-refractivity contribution in [3.8, 4) is 0 Å². The molecular formula is C15H21BrF2N2. The van der Waals surface area contributed by atoms with Crippen molar-refractivity contribution < 1.29 is 8.78 Å². The van der Waals surface area contributed by atoms with Gasteiger partial charge >= 0.3 is 0 Å². The van der Waals surface area contributed by atoms with E-state index in [4.69, 9.17) is 0 Å². The van der Waals surface area contributed by atoms with Crippen molar-refractivity contribution in [2.24, 2.45) is 0 Å². The Morgan fingerprint density at radius 3 is 2.25 bits per heavy atom. The number of likely N-dealkylation sites (tertiary alicyclic amines) is 1. The van der Waals surface area contributed by atoms with Gasteiger partial charge < -0.3 is 9.80 Å². The minimum absolute atomic E-state index is 0.102. The van der Waals surface area contributed by atoms with E-state index < -0.39 is 11.6 Å². The first-order valence-electron chi connectivity index (χ1n) is 7.05. The van der Waals surface area contributed by atoms with Crippen molar-refractivity contribution in [1.29, 1.82) is 0 Å². The standard InChI is InChI=1S/C15H21BrF2N2/c1-3-20-6-4-12(5-7-20)19(2)15-13(17)8-11(10-16)9-14(15)18/h8-9,12H,3-7,10H2,1-2H3. The Labute approximate surface area is 127 Å². The summed E-state index contributed by atoms with van der Waals surface area (Å²) in [7, 11) is 1.79. The number of anilines is 1. The van der Waals surface area contributed by atoms with Gasteiger partial charge in [-0.2, -0.15) is 0 Å². The molecule has 2 rings (SSSR count). The summed E-state index contributed by atoms with van der Waals surface area (Å²) in [4.78, 5) is 4.14. The second-order valence-electron chi connectivity index (χ2n) is 5.32. The molecule has 0 radical (unpaired) electrons. The molecule has 0 aliphatic carbocycles. The van der Waals surface area contributed by atoms with E-state index in [0.717, 1.165) is 32.5 Å². The molecule has 1 fully saturated rings. The Morgan fingerprint density at radius 2 is 1.80 bits per heavy atom. The number of alkyl halides is 1. The molecule has 20 heavy (non-hydrogen) atoms. The highest BCUT2D eigenvalue weighted by Crippen LogP contribution is 2.29. The minimum atomic E-state index is -0.472. The number of benzene rings is 1. The second kappa shape index (κ2) is 6.85. The van der Waals surface area contributed by atoms with Crippen molar-refractivity contribution >= 4 is 21.6 Å². The smallest absolute Gasteiger partial charge is 0.149 e. The molecule has 5 heteroatoms. The van der Waals surface area contributed by atoms with Gasteiger partial charge in [0.05, 0.1) is 0 Å². The zero-order chi connectivity index (χ0) is 14.7. The minimum Gasteiger partial charge on any atom is -0.367 e. The van der Waals surface area contributed by atoms with Crippen molar-refractivity contribution in [2.45, 2.75) is 31.1 Å². The molecule has 1 aliphatic heterocycles. The normalized spacial score (nSPS) is 17.4. The van der Waals surface area contributed by atoms with Gasteiger partial charge in [0, 0.05) is 31.5 Å². The van der Waals surface area contributed by atoms with Crippen LogP contribution >= 0.6 is 15.9 Å². The Balaban J connectivity index is 2.15. The lowest BCUT2D eigenvalue weighted by Crippen LogP contribution is -2.43. The molecule has 1 heterocycles. The highest BCUT2D eigenvalue weighted by atomic mass is 79.9. The molecule has 1 saturated heterocycles. The molecule has 1 aliphatic rings. The Bertz CT molecular complexity index is 436. The number of piperidine rings is 1. The Morgan fingerprint density at radius 1 is 1.25 bits per heavy atom. The maximum absolute atomic E-state index is 14.1. The number of hydrogen-bond acceptors (Lipinski definition) is 2. The molecule has 2 nitrogen and oxygen atoms in total. The molecule has 0 amide bonds. The van der Waals surface area contributed by atoms with Crippen LogP contribution in [0.5, 0.6) is 0 Å².